The molecular weight excluding hydrogens is 266 g/mol. The molecule has 0 aliphatic carbocycles. The number of aryl methyl sites for hydroxylation is 2. The fourth-order valence-corrected chi connectivity index (χ4v) is 2.31. The Morgan fingerprint density at radius 3 is 2.76 bits per heavy atom. The van der Waals surface area contributed by atoms with Crippen molar-refractivity contribution in [1.82, 2.24) is 9.78 Å². The third kappa shape index (κ3) is 2.33. The summed E-state index contributed by atoms with van der Waals surface area (Å²) in [5.41, 5.74) is 2.53. The average molecular weight is 281 g/mol. The maximum atomic E-state index is 12.4. The molecule has 0 aliphatic heterocycles. The van der Waals surface area contributed by atoms with Gasteiger partial charge in [0.1, 0.15) is 5.75 Å². The third-order valence-electron chi connectivity index (χ3n) is 3.37. The van der Waals surface area contributed by atoms with E-state index >= 15 is 0 Å². The van der Waals surface area contributed by atoms with Crippen molar-refractivity contribution in [1.29, 1.82) is 0 Å². The predicted molar refractivity (Wildman–Crippen MR) is 81.5 cm³/mol. The minimum Gasteiger partial charge on any atom is -0.506 e. The molecule has 2 aromatic carbocycles. The Morgan fingerprint density at radius 1 is 1.24 bits per heavy atom. The average Bonchev–Trinajstić information content (AvgIpc) is 2.80. The molecule has 106 valence electrons. The molecule has 0 atom stereocenters. The molecule has 0 radical (unpaired) electrons. The first-order valence-electron chi connectivity index (χ1n) is 6.59. The number of benzene rings is 2. The second-order valence-electron chi connectivity index (χ2n) is 4.96. The van der Waals surface area contributed by atoms with E-state index < -0.39 is 0 Å². The topological polar surface area (TPSA) is 67.2 Å². The highest BCUT2D eigenvalue weighted by Crippen LogP contribution is 2.25. The lowest BCUT2D eigenvalue weighted by Crippen LogP contribution is -2.13. The van der Waals surface area contributed by atoms with Gasteiger partial charge in [-0.2, -0.15) is 5.10 Å². The van der Waals surface area contributed by atoms with Crippen LogP contribution in [0.5, 0.6) is 5.75 Å². The SMILES string of the molecule is Cc1ccc(NC(=O)c2nn(C)c3ccccc23)c(O)c1. The lowest BCUT2D eigenvalue weighted by atomic mass is 10.2. The zero-order valence-electron chi connectivity index (χ0n) is 11.8. The molecule has 5 nitrogen and oxygen atoms in total. The summed E-state index contributed by atoms with van der Waals surface area (Å²) in [6, 6.07) is 12.6. The van der Waals surface area contributed by atoms with Gasteiger partial charge < -0.3 is 10.4 Å². The minimum absolute atomic E-state index is 0.0450. The van der Waals surface area contributed by atoms with Crippen LogP contribution in [0.1, 0.15) is 16.1 Å². The van der Waals surface area contributed by atoms with Crippen molar-refractivity contribution in [3.8, 4) is 5.75 Å². The van der Waals surface area contributed by atoms with E-state index in [4.69, 9.17) is 0 Å². The van der Waals surface area contributed by atoms with E-state index in [9.17, 15) is 9.90 Å². The van der Waals surface area contributed by atoms with Gasteiger partial charge in [-0.05, 0) is 30.7 Å². The van der Waals surface area contributed by atoms with Crippen LogP contribution in [0.25, 0.3) is 10.9 Å². The van der Waals surface area contributed by atoms with Gasteiger partial charge >= 0.3 is 0 Å². The lowest BCUT2D eigenvalue weighted by molar-refractivity contribution is 0.102. The summed E-state index contributed by atoms with van der Waals surface area (Å²) in [4.78, 5) is 12.4. The van der Waals surface area contributed by atoms with Crippen LogP contribution in [0.3, 0.4) is 0 Å². The van der Waals surface area contributed by atoms with E-state index in [1.54, 1.807) is 23.9 Å². The first-order chi connectivity index (χ1) is 10.1. The Kier molecular flexibility index (Phi) is 3.10. The van der Waals surface area contributed by atoms with Gasteiger partial charge in [0, 0.05) is 12.4 Å². The standard InChI is InChI=1S/C16H15N3O2/c1-10-7-8-12(14(20)9-10)17-16(21)15-11-5-3-4-6-13(11)19(2)18-15/h3-9,20H,1-2H3,(H,17,21). The van der Waals surface area contributed by atoms with E-state index in [0.29, 0.717) is 11.4 Å². The number of aromatic hydroxyl groups is 1. The number of anilines is 1. The predicted octanol–water partition coefficient (Wildman–Crippen LogP) is 2.84. The van der Waals surface area contributed by atoms with Gasteiger partial charge in [-0.15, -0.1) is 0 Å². The number of amides is 1. The van der Waals surface area contributed by atoms with E-state index in [1.165, 1.54) is 0 Å². The number of rotatable bonds is 2. The number of hydrogen-bond acceptors (Lipinski definition) is 3. The molecule has 0 aliphatic rings. The Morgan fingerprint density at radius 2 is 2.00 bits per heavy atom. The quantitative estimate of drug-likeness (QED) is 0.710. The van der Waals surface area contributed by atoms with Crippen molar-refractivity contribution in [3.63, 3.8) is 0 Å². The van der Waals surface area contributed by atoms with Crippen LogP contribution < -0.4 is 5.32 Å². The molecule has 0 unspecified atom stereocenters. The van der Waals surface area contributed by atoms with Crippen LogP contribution in [0.15, 0.2) is 42.5 Å². The van der Waals surface area contributed by atoms with Gasteiger partial charge in [0.25, 0.3) is 5.91 Å². The van der Waals surface area contributed by atoms with E-state index in [1.807, 2.05) is 37.3 Å². The summed E-state index contributed by atoms with van der Waals surface area (Å²) < 4.78 is 1.67. The van der Waals surface area contributed by atoms with Crippen molar-refractivity contribution in [3.05, 3.63) is 53.7 Å². The summed E-state index contributed by atoms with van der Waals surface area (Å²) in [5.74, 6) is -0.297. The maximum absolute atomic E-state index is 12.4. The highest BCUT2D eigenvalue weighted by atomic mass is 16.3. The molecule has 0 saturated heterocycles. The van der Waals surface area contributed by atoms with Gasteiger partial charge in [0.15, 0.2) is 5.69 Å². The van der Waals surface area contributed by atoms with Crippen molar-refractivity contribution < 1.29 is 9.90 Å². The van der Waals surface area contributed by atoms with Crippen LogP contribution in [0.4, 0.5) is 5.69 Å². The largest absolute Gasteiger partial charge is 0.506 e. The normalized spacial score (nSPS) is 10.8. The van der Waals surface area contributed by atoms with Gasteiger partial charge in [0.05, 0.1) is 11.2 Å². The fourth-order valence-electron chi connectivity index (χ4n) is 2.31. The number of para-hydroxylation sites is 1. The number of aromatic nitrogens is 2. The van der Waals surface area contributed by atoms with Gasteiger partial charge in [-0.25, -0.2) is 0 Å². The number of phenolic OH excluding ortho intramolecular Hbond substituents is 1. The van der Waals surface area contributed by atoms with Crippen LogP contribution in [0.2, 0.25) is 0 Å². The Balaban J connectivity index is 1.98. The maximum Gasteiger partial charge on any atom is 0.276 e. The molecular formula is C16H15N3O2. The second kappa shape index (κ2) is 4.94. The first-order valence-corrected chi connectivity index (χ1v) is 6.59. The number of hydrogen-bond donors (Lipinski definition) is 2. The number of nitrogens with one attached hydrogen (secondary N) is 1. The van der Waals surface area contributed by atoms with Crippen molar-refractivity contribution in [2.45, 2.75) is 6.92 Å². The molecule has 0 bridgehead atoms. The van der Waals surface area contributed by atoms with E-state index in [-0.39, 0.29) is 11.7 Å². The molecule has 3 rings (SSSR count). The Bertz CT molecular complexity index is 837. The monoisotopic (exact) mass is 281 g/mol. The van der Waals surface area contributed by atoms with Crippen molar-refractivity contribution in [2.75, 3.05) is 5.32 Å². The third-order valence-corrected chi connectivity index (χ3v) is 3.37. The smallest absolute Gasteiger partial charge is 0.276 e. The molecule has 0 fully saturated rings. The summed E-state index contributed by atoms with van der Waals surface area (Å²) in [7, 11) is 1.79. The molecule has 0 saturated carbocycles. The van der Waals surface area contributed by atoms with Gasteiger partial charge in [-0.3, -0.25) is 9.48 Å². The Hall–Kier alpha value is -2.82. The molecule has 1 aromatic heterocycles. The lowest BCUT2D eigenvalue weighted by Gasteiger charge is -2.06. The summed E-state index contributed by atoms with van der Waals surface area (Å²) in [5, 5.41) is 17.6. The Labute approximate surface area is 121 Å². The number of carbonyl (C=O) groups is 1. The minimum atomic E-state index is -0.342. The van der Waals surface area contributed by atoms with Crippen molar-refractivity contribution >= 4 is 22.5 Å². The van der Waals surface area contributed by atoms with E-state index in [2.05, 4.69) is 10.4 Å². The summed E-state index contributed by atoms with van der Waals surface area (Å²) >= 11 is 0. The number of nitrogens with zero attached hydrogens (tertiary/aromatic N) is 2. The molecule has 2 N–H and O–H groups in total. The molecule has 1 amide bonds. The van der Waals surface area contributed by atoms with E-state index in [0.717, 1.165) is 16.5 Å². The molecule has 0 spiro atoms. The van der Waals surface area contributed by atoms with Gasteiger partial charge in [-0.1, -0.05) is 24.3 Å². The zero-order chi connectivity index (χ0) is 15.0. The fraction of sp³-hybridized carbons (Fsp3) is 0.125. The second-order valence-corrected chi connectivity index (χ2v) is 4.96. The number of phenols is 1. The van der Waals surface area contributed by atoms with Crippen LogP contribution in [-0.4, -0.2) is 20.8 Å². The molecule has 1 heterocycles. The summed E-state index contributed by atoms with van der Waals surface area (Å²) in [6.07, 6.45) is 0. The molecule has 5 heteroatoms. The van der Waals surface area contributed by atoms with Crippen LogP contribution >= 0.6 is 0 Å². The number of carbonyl (C=O) groups excluding carboxylic acids is 1. The molecule has 21 heavy (non-hydrogen) atoms. The summed E-state index contributed by atoms with van der Waals surface area (Å²) in [6.45, 7) is 1.87. The first kappa shape index (κ1) is 13.2. The highest BCUT2D eigenvalue weighted by molar-refractivity contribution is 6.11. The van der Waals surface area contributed by atoms with Crippen LogP contribution in [0, 0.1) is 6.92 Å². The highest BCUT2D eigenvalue weighted by Gasteiger charge is 2.16. The zero-order valence-corrected chi connectivity index (χ0v) is 11.8. The molecule has 3 aromatic rings. The van der Waals surface area contributed by atoms with Crippen molar-refractivity contribution in [2.24, 2.45) is 7.05 Å². The van der Waals surface area contributed by atoms with Gasteiger partial charge in [0.2, 0.25) is 0 Å². The number of fused-ring (bicyclic) bond motifs is 1. The van der Waals surface area contributed by atoms with Crippen LogP contribution in [-0.2, 0) is 7.05 Å².